The standard InChI is InChI=1S/C14H14N2O5/c1-18-10-5-4-6-11(19-2)13(10)21-12-8-15-9(7-16-12)14(17)20-3/h4-8H,1-3H3. The lowest BCUT2D eigenvalue weighted by atomic mass is 10.3. The van der Waals surface area contributed by atoms with Crippen LogP contribution in [0.15, 0.2) is 30.6 Å². The van der Waals surface area contributed by atoms with Crippen molar-refractivity contribution in [1.82, 2.24) is 9.97 Å². The molecule has 0 aliphatic rings. The highest BCUT2D eigenvalue weighted by Gasteiger charge is 2.14. The van der Waals surface area contributed by atoms with Gasteiger partial charge in [-0.2, -0.15) is 0 Å². The number of ether oxygens (including phenoxy) is 4. The summed E-state index contributed by atoms with van der Waals surface area (Å²) in [4.78, 5) is 19.2. The first-order chi connectivity index (χ1) is 10.2. The first-order valence-corrected chi connectivity index (χ1v) is 5.98. The zero-order valence-corrected chi connectivity index (χ0v) is 11.8. The molecule has 0 bridgehead atoms. The monoisotopic (exact) mass is 290 g/mol. The molecule has 0 aliphatic carbocycles. The summed E-state index contributed by atoms with van der Waals surface area (Å²) in [6.45, 7) is 0. The molecule has 0 unspecified atom stereocenters. The predicted octanol–water partition coefficient (Wildman–Crippen LogP) is 2.07. The zero-order valence-electron chi connectivity index (χ0n) is 11.8. The summed E-state index contributed by atoms with van der Waals surface area (Å²) in [5.41, 5.74) is 0.0943. The van der Waals surface area contributed by atoms with Gasteiger partial charge in [0.05, 0.1) is 33.7 Å². The van der Waals surface area contributed by atoms with Gasteiger partial charge in [0.15, 0.2) is 17.2 Å². The molecule has 0 aliphatic heterocycles. The van der Waals surface area contributed by atoms with E-state index in [0.29, 0.717) is 17.2 Å². The fourth-order valence-electron chi connectivity index (χ4n) is 1.60. The Morgan fingerprint density at radius 3 is 2.14 bits per heavy atom. The van der Waals surface area contributed by atoms with E-state index in [0.717, 1.165) is 0 Å². The maximum Gasteiger partial charge on any atom is 0.358 e. The number of hydrogen-bond donors (Lipinski definition) is 0. The van der Waals surface area contributed by atoms with Crippen molar-refractivity contribution in [2.24, 2.45) is 0 Å². The molecular formula is C14H14N2O5. The van der Waals surface area contributed by atoms with E-state index in [-0.39, 0.29) is 11.6 Å². The number of carbonyl (C=O) groups is 1. The van der Waals surface area contributed by atoms with Crippen LogP contribution in [0.4, 0.5) is 0 Å². The molecule has 0 atom stereocenters. The van der Waals surface area contributed by atoms with Gasteiger partial charge in [0.1, 0.15) is 0 Å². The van der Waals surface area contributed by atoms with Crippen LogP contribution in [-0.4, -0.2) is 37.3 Å². The first-order valence-electron chi connectivity index (χ1n) is 5.98. The minimum Gasteiger partial charge on any atom is -0.493 e. The Bertz CT molecular complexity index is 606. The van der Waals surface area contributed by atoms with Crippen LogP contribution in [0.25, 0.3) is 0 Å². The Morgan fingerprint density at radius 1 is 1.00 bits per heavy atom. The summed E-state index contributed by atoms with van der Waals surface area (Å²) in [6.07, 6.45) is 2.58. The maximum absolute atomic E-state index is 11.3. The normalized spacial score (nSPS) is 9.86. The maximum atomic E-state index is 11.3. The SMILES string of the molecule is COC(=O)c1cnc(Oc2c(OC)cccc2OC)cn1. The van der Waals surface area contributed by atoms with Crippen LogP contribution in [0, 0.1) is 0 Å². The quantitative estimate of drug-likeness (QED) is 0.780. The number of methoxy groups -OCH3 is 3. The minimum atomic E-state index is -0.566. The number of carbonyl (C=O) groups excluding carboxylic acids is 1. The number of nitrogens with zero attached hydrogens (tertiary/aromatic N) is 2. The molecule has 0 spiro atoms. The highest BCUT2D eigenvalue weighted by atomic mass is 16.5. The summed E-state index contributed by atoms with van der Waals surface area (Å²) >= 11 is 0. The van der Waals surface area contributed by atoms with Crippen molar-refractivity contribution < 1.29 is 23.7 Å². The van der Waals surface area contributed by atoms with Gasteiger partial charge in [-0.15, -0.1) is 0 Å². The summed E-state index contributed by atoms with van der Waals surface area (Å²) in [5, 5.41) is 0. The molecule has 7 heteroatoms. The van der Waals surface area contributed by atoms with Crippen LogP contribution in [0.5, 0.6) is 23.1 Å². The van der Waals surface area contributed by atoms with Crippen LogP contribution in [0.2, 0.25) is 0 Å². The molecule has 21 heavy (non-hydrogen) atoms. The van der Waals surface area contributed by atoms with Crippen LogP contribution < -0.4 is 14.2 Å². The molecule has 0 radical (unpaired) electrons. The van der Waals surface area contributed by atoms with E-state index in [1.807, 2.05) is 0 Å². The third-order valence-corrected chi connectivity index (χ3v) is 2.61. The number of para-hydroxylation sites is 1. The lowest BCUT2D eigenvalue weighted by Gasteiger charge is -2.12. The van der Waals surface area contributed by atoms with E-state index in [4.69, 9.17) is 14.2 Å². The molecule has 0 fully saturated rings. The van der Waals surface area contributed by atoms with Crippen LogP contribution >= 0.6 is 0 Å². The molecule has 0 saturated heterocycles. The zero-order chi connectivity index (χ0) is 15.2. The van der Waals surface area contributed by atoms with Crippen molar-refractivity contribution in [2.75, 3.05) is 21.3 Å². The summed E-state index contributed by atoms with van der Waals surface area (Å²) in [6, 6.07) is 5.23. The molecule has 0 amide bonds. The smallest absolute Gasteiger partial charge is 0.358 e. The molecule has 0 N–H and O–H groups in total. The largest absolute Gasteiger partial charge is 0.493 e. The molecule has 1 aromatic carbocycles. The summed E-state index contributed by atoms with van der Waals surface area (Å²) in [7, 11) is 4.31. The van der Waals surface area contributed by atoms with Crippen molar-refractivity contribution in [2.45, 2.75) is 0 Å². The highest BCUT2D eigenvalue weighted by molar-refractivity contribution is 5.86. The Balaban J connectivity index is 2.28. The van der Waals surface area contributed by atoms with E-state index in [1.165, 1.54) is 33.7 Å². The molecule has 7 nitrogen and oxygen atoms in total. The summed E-state index contributed by atoms with van der Waals surface area (Å²) in [5.74, 6) is 0.999. The van der Waals surface area contributed by atoms with E-state index >= 15 is 0 Å². The van der Waals surface area contributed by atoms with Crippen LogP contribution in [0.1, 0.15) is 10.5 Å². The minimum absolute atomic E-state index is 0.0943. The third kappa shape index (κ3) is 3.19. The van der Waals surface area contributed by atoms with Gasteiger partial charge in [-0.05, 0) is 12.1 Å². The van der Waals surface area contributed by atoms with Gasteiger partial charge in [0.25, 0.3) is 0 Å². The van der Waals surface area contributed by atoms with Gasteiger partial charge in [0, 0.05) is 0 Å². The van der Waals surface area contributed by atoms with E-state index in [1.54, 1.807) is 18.2 Å². The van der Waals surface area contributed by atoms with Gasteiger partial charge < -0.3 is 18.9 Å². The van der Waals surface area contributed by atoms with E-state index in [2.05, 4.69) is 14.7 Å². The van der Waals surface area contributed by atoms with E-state index in [9.17, 15) is 4.79 Å². The Morgan fingerprint density at radius 2 is 1.67 bits per heavy atom. The number of rotatable bonds is 5. The lowest BCUT2D eigenvalue weighted by molar-refractivity contribution is 0.0593. The van der Waals surface area contributed by atoms with Crippen LogP contribution in [-0.2, 0) is 4.74 Å². The van der Waals surface area contributed by atoms with Gasteiger partial charge >= 0.3 is 5.97 Å². The average molecular weight is 290 g/mol. The summed E-state index contributed by atoms with van der Waals surface area (Å²) < 4.78 is 20.6. The topological polar surface area (TPSA) is 79.8 Å². The number of aromatic nitrogens is 2. The third-order valence-electron chi connectivity index (χ3n) is 2.61. The fourth-order valence-corrected chi connectivity index (χ4v) is 1.60. The molecule has 0 saturated carbocycles. The van der Waals surface area contributed by atoms with Crippen molar-refractivity contribution in [3.05, 3.63) is 36.3 Å². The number of benzene rings is 1. The Kier molecular flexibility index (Phi) is 4.55. The van der Waals surface area contributed by atoms with Gasteiger partial charge in [-0.1, -0.05) is 6.07 Å². The van der Waals surface area contributed by atoms with Gasteiger partial charge in [-0.3, -0.25) is 0 Å². The van der Waals surface area contributed by atoms with Crippen molar-refractivity contribution in [3.8, 4) is 23.1 Å². The molecule has 2 rings (SSSR count). The average Bonchev–Trinajstić information content (AvgIpc) is 2.55. The Hall–Kier alpha value is -2.83. The molecule has 110 valence electrons. The molecule has 2 aromatic rings. The predicted molar refractivity (Wildman–Crippen MR) is 73.0 cm³/mol. The van der Waals surface area contributed by atoms with E-state index < -0.39 is 5.97 Å². The number of esters is 1. The second kappa shape index (κ2) is 6.56. The first kappa shape index (κ1) is 14.6. The number of hydrogen-bond acceptors (Lipinski definition) is 7. The van der Waals surface area contributed by atoms with Gasteiger partial charge in [0.2, 0.25) is 11.6 Å². The fraction of sp³-hybridized carbons (Fsp3) is 0.214. The lowest BCUT2D eigenvalue weighted by Crippen LogP contribution is -2.05. The molecule has 1 heterocycles. The highest BCUT2D eigenvalue weighted by Crippen LogP contribution is 2.39. The van der Waals surface area contributed by atoms with Crippen molar-refractivity contribution in [3.63, 3.8) is 0 Å². The molecular weight excluding hydrogens is 276 g/mol. The van der Waals surface area contributed by atoms with Crippen molar-refractivity contribution >= 4 is 5.97 Å². The van der Waals surface area contributed by atoms with Crippen LogP contribution in [0.3, 0.4) is 0 Å². The van der Waals surface area contributed by atoms with Gasteiger partial charge in [-0.25, -0.2) is 14.8 Å². The second-order valence-electron chi connectivity index (χ2n) is 3.83. The Labute approximate surface area is 121 Å². The molecule has 1 aromatic heterocycles. The second-order valence-corrected chi connectivity index (χ2v) is 3.83. The van der Waals surface area contributed by atoms with Crippen molar-refractivity contribution in [1.29, 1.82) is 0 Å².